The fourth-order valence-electron chi connectivity index (χ4n) is 2.11. The van der Waals surface area contributed by atoms with E-state index in [1.54, 1.807) is 7.11 Å². The van der Waals surface area contributed by atoms with Crippen LogP contribution in [0, 0.1) is 0 Å². The number of hydrogen-bond acceptors (Lipinski definition) is 3. The van der Waals surface area contributed by atoms with Crippen molar-refractivity contribution in [2.45, 2.75) is 12.3 Å². The zero-order valence-corrected chi connectivity index (χ0v) is 12.7. The molecule has 1 atom stereocenters. The quantitative estimate of drug-likeness (QED) is 0.843. The molecule has 3 nitrogen and oxygen atoms in total. The SMILES string of the molecule is COc1ccc(OCCC(CO)c2cccc(Cl)c2)cc1. The van der Waals surface area contributed by atoms with E-state index in [2.05, 4.69) is 0 Å². The van der Waals surface area contributed by atoms with Crippen molar-refractivity contribution in [1.29, 1.82) is 0 Å². The van der Waals surface area contributed by atoms with E-state index in [-0.39, 0.29) is 12.5 Å². The van der Waals surface area contributed by atoms with Gasteiger partial charge in [-0.25, -0.2) is 0 Å². The first kappa shape index (κ1) is 15.7. The highest BCUT2D eigenvalue weighted by Gasteiger charge is 2.11. The third-order valence-electron chi connectivity index (χ3n) is 3.33. The zero-order chi connectivity index (χ0) is 15.1. The number of aliphatic hydroxyl groups excluding tert-OH is 1. The Morgan fingerprint density at radius 3 is 2.43 bits per heavy atom. The number of ether oxygens (including phenoxy) is 2. The van der Waals surface area contributed by atoms with Crippen LogP contribution in [0.25, 0.3) is 0 Å². The molecular weight excluding hydrogens is 288 g/mol. The third kappa shape index (κ3) is 4.66. The molecule has 112 valence electrons. The van der Waals surface area contributed by atoms with E-state index in [4.69, 9.17) is 21.1 Å². The average Bonchev–Trinajstić information content (AvgIpc) is 2.52. The number of hydrogen-bond donors (Lipinski definition) is 1. The second kappa shape index (κ2) is 7.91. The van der Waals surface area contributed by atoms with Crippen LogP contribution in [0.4, 0.5) is 0 Å². The first-order valence-electron chi connectivity index (χ1n) is 6.86. The Kier molecular flexibility index (Phi) is 5.90. The lowest BCUT2D eigenvalue weighted by molar-refractivity contribution is 0.229. The Morgan fingerprint density at radius 1 is 1.10 bits per heavy atom. The van der Waals surface area contributed by atoms with Gasteiger partial charge in [-0.1, -0.05) is 23.7 Å². The molecule has 4 heteroatoms. The van der Waals surface area contributed by atoms with Crippen molar-refractivity contribution in [3.8, 4) is 11.5 Å². The molecule has 0 bridgehead atoms. The van der Waals surface area contributed by atoms with Gasteiger partial charge < -0.3 is 14.6 Å². The van der Waals surface area contributed by atoms with Gasteiger partial charge in [-0.15, -0.1) is 0 Å². The van der Waals surface area contributed by atoms with Gasteiger partial charge in [-0.3, -0.25) is 0 Å². The minimum atomic E-state index is 0.0296. The molecule has 21 heavy (non-hydrogen) atoms. The summed E-state index contributed by atoms with van der Waals surface area (Å²) >= 11 is 5.98. The standard InChI is InChI=1S/C17H19ClO3/c1-20-16-5-7-17(8-6-16)21-10-9-14(12-19)13-3-2-4-15(18)11-13/h2-8,11,14,19H,9-10,12H2,1H3. The summed E-state index contributed by atoms with van der Waals surface area (Å²) in [6.07, 6.45) is 0.725. The highest BCUT2D eigenvalue weighted by molar-refractivity contribution is 6.30. The predicted octanol–water partition coefficient (Wildman–Crippen LogP) is 3.89. The number of halogens is 1. The van der Waals surface area contributed by atoms with E-state index in [1.807, 2.05) is 48.5 Å². The number of aliphatic hydroxyl groups is 1. The van der Waals surface area contributed by atoms with E-state index in [0.29, 0.717) is 11.6 Å². The molecule has 0 saturated carbocycles. The van der Waals surface area contributed by atoms with Gasteiger partial charge in [0, 0.05) is 10.9 Å². The lowest BCUT2D eigenvalue weighted by atomic mass is 9.97. The van der Waals surface area contributed by atoms with Gasteiger partial charge in [0.15, 0.2) is 0 Å². The summed E-state index contributed by atoms with van der Waals surface area (Å²) in [6.45, 7) is 0.608. The Morgan fingerprint density at radius 2 is 1.81 bits per heavy atom. The first-order chi connectivity index (χ1) is 10.2. The van der Waals surface area contributed by atoms with Gasteiger partial charge in [0.1, 0.15) is 11.5 Å². The summed E-state index contributed by atoms with van der Waals surface area (Å²) in [6, 6.07) is 15.0. The monoisotopic (exact) mass is 306 g/mol. The van der Waals surface area contributed by atoms with Crippen molar-refractivity contribution in [1.82, 2.24) is 0 Å². The number of benzene rings is 2. The molecule has 0 aliphatic rings. The molecule has 1 unspecified atom stereocenters. The summed E-state index contributed by atoms with van der Waals surface area (Å²) in [4.78, 5) is 0. The van der Waals surface area contributed by atoms with E-state index in [0.717, 1.165) is 23.5 Å². The van der Waals surface area contributed by atoms with Crippen LogP contribution in [-0.4, -0.2) is 25.4 Å². The summed E-state index contributed by atoms with van der Waals surface area (Å²) in [5, 5.41) is 10.2. The molecule has 0 aliphatic carbocycles. The van der Waals surface area contributed by atoms with Crippen molar-refractivity contribution < 1.29 is 14.6 Å². The molecule has 0 aliphatic heterocycles. The molecule has 0 radical (unpaired) electrons. The second-order valence-corrected chi connectivity index (χ2v) is 5.18. The van der Waals surface area contributed by atoms with Gasteiger partial charge >= 0.3 is 0 Å². The van der Waals surface area contributed by atoms with Gasteiger partial charge in [0.2, 0.25) is 0 Å². The Hall–Kier alpha value is -1.71. The maximum absolute atomic E-state index is 9.52. The van der Waals surface area contributed by atoms with Gasteiger partial charge in [0.25, 0.3) is 0 Å². The Balaban J connectivity index is 1.88. The first-order valence-corrected chi connectivity index (χ1v) is 7.24. The van der Waals surface area contributed by atoms with Gasteiger partial charge in [-0.2, -0.15) is 0 Å². The van der Waals surface area contributed by atoms with Crippen molar-refractivity contribution in [2.24, 2.45) is 0 Å². The number of rotatable bonds is 7. The molecule has 2 aromatic rings. The molecule has 0 spiro atoms. The van der Waals surface area contributed by atoms with Crippen LogP contribution in [0.1, 0.15) is 17.9 Å². The van der Waals surface area contributed by atoms with Crippen molar-refractivity contribution in [3.05, 3.63) is 59.1 Å². The zero-order valence-electron chi connectivity index (χ0n) is 12.0. The number of methoxy groups -OCH3 is 1. The molecular formula is C17H19ClO3. The van der Waals surface area contributed by atoms with Crippen LogP contribution in [0.15, 0.2) is 48.5 Å². The fourth-order valence-corrected chi connectivity index (χ4v) is 2.31. The molecule has 2 aromatic carbocycles. The second-order valence-electron chi connectivity index (χ2n) is 4.75. The molecule has 0 fully saturated rings. The molecule has 0 saturated heterocycles. The maximum atomic E-state index is 9.52. The maximum Gasteiger partial charge on any atom is 0.119 e. The summed E-state index contributed by atoms with van der Waals surface area (Å²) in [7, 11) is 1.63. The highest BCUT2D eigenvalue weighted by atomic mass is 35.5. The topological polar surface area (TPSA) is 38.7 Å². The summed E-state index contributed by atoms with van der Waals surface area (Å²) in [5.41, 5.74) is 1.03. The van der Waals surface area contributed by atoms with E-state index < -0.39 is 0 Å². The van der Waals surface area contributed by atoms with Crippen LogP contribution < -0.4 is 9.47 Å². The largest absolute Gasteiger partial charge is 0.497 e. The van der Waals surface area contributed by atoms with Crippen LogP contribution in [0.5, 0.6) is 11.5 Å². The van der Waals surface area contributed by atoms with Crippen LogP contribution in [0.2, 0.25) is 5.02 Å². The van der Waals surface area contributed by atoms with Crippen molar-refractivity contribution >= 4 is 11.6 Å². The van der Waals surface area contributed by atoms with Gasteiger partial charge in [-0.05, 0) is 48.4 Å². The minimum absolute atomic E-state index is 0.0296. The third-order valence-corrected chi connectivity index (χ3v) is 3.57. The molecule has 0 heterocycles. The molecule has 0 aromatic heterocycles. The van der Waals surface area contributed by atoms with Gasteiger partial charge in [0.05, 0.1) is 20.3 Å². The van der Waals surface area contributed by atoms with Crippen molar-refractivity contribution in [2.75, 3.05) is 20.3 Å². The van der Waals surface area contributed by atoms with E-state index in [9.17, 15) is 5.11 Å². The fraction of sp³-hybridized carbons (Fsp3) is 0.294. The Labute approximate surface area is 130 Å². The highest BCUT2D eigenvalue weighted by Crippen LogP contribution is 2.23. The van der Waals surface area contributed by atoms with Crippen LogP contribution >= 0.6 is 11.6 Å². The van der Waals surface area contributed by atoms with E-state index >= 15 is 0 Å². The van der Waals surface area contributed by atoms with Crippen LogP contribution in [0.3, 0.4) is 0 Å². The lowest BCUT2D eigenvalue weighted by Crippen LogP contribution is -2.09. The normalized spacial score (nSPS) is 12.0. The van der Waals surface area contributed by atoms with Crippen LogP contribution in [-0.2, 0) is 0 Å². The minimum Gasteiger partial charge on any atom is -0.497 e. The van der Waals surface area contributed by atoms with E-state index in [1.165, 1.54) is 0 Å². The summed E-state index contributed by atoms with van der Waals surface area (Å²) < 4.78 is 10.8. The van der Waals surface area contributed by atoms with Crippen molar-refractivity contribution in [3.63, 3.8) is 0 Å². The lowest BCUT2D eigenvalue weighted by Gasteiger charge is -2.15. The Bertz CT molecular complexity index is 554. The predicted molar refractivity (Wildman–Crippen MR) is 84.4 cm³/mol. The molecule has 1 N–H and O–H groups in total. The molecule has 2 rings (SSSR count). The summed E-state index contributed by atoms with van der Waals surface area (Å²) in [5.74, 6) is 1.62. The smallest absolute Gasteiger partial charge is 0.119 e. The molecule has 0 amide bonds. The average molecular weight is 307 g/mol.